The Hall–Kier alpha value is -0.820. The van der Waals surface area contributed by atoms with Gasteiger partial charge < -0.3 is 4.74 Å². The van der Waals surface area contributed by atoms with Crippen molar-refractivity contribution < 1.29 is 4.74 Å². The number of hydrogen-bond acceptors (Lipinski definition) is 1. The fourth-order valence-electron chi connectivity index (χ4n) is 4.51. The molecule has 2 atom stereocenters. The van der Waals surface area contributed by atoms with Crippen LogP contribution in [0.3, 0.4) is 0 Å². The summed E-state index contributed by atoms with van der Waals surface area (Å²) in [6.45, 7) is 11.6. The molecule has 1 nitrogen and oxygen atoms in total. The molecule has 0 spiro atoms. The minimum absolute atomic E-state index is 0.589. The van der Waals surface area contributed by atoms with Gasteiger partial charge in [-0.2, -0.15) is 0 Å². The molecule has 1 saturated heterocycles. The van der Waals surface area contributed by atoms with E-state index in [1.54, 1.807) is 11.1 Å². The highest BCUT2D eigenvalue weighted by Crippen LogP contribution is 2.38. The molecule has 2 unspecified atom stereocenters. The lowest BCUT2D eigenvalue weighted by Gasteiger charge is -2.37. The van der Waals surface area contributed by atoms with Gasteiger partial charge in [0, 0.05) is 6.61 Å². The second-order valence-corrected chi connectivity index (χ2v) is 8.21. The van der Waals surface area contributed by atoms with Gasteiger partial charge in [0.2, 0.25) is 0 Å². The van der Waals surface area contributed by atoms with E-state index in [2.05, 4.69) is 39.2 Å². The fourth-order valence-corrected chi connectivity index (χ4v) is 4.51. The summed E-state index contributed by atoms with van der Waals surface area (Å²) >= 11 is 0. The molecule has 0 amide bonds. The minimum atomic E-state index is 0.589. The monoisotopic (exact) mass is 330 g/mol. The molecule has 0 bridgehead atoms. The van der Waals surface area contributed by atoms with Gasteiger partial charge in [-0.05, 0) is 76.0 Å². The first-order valence-electron chi connectivity index (χ1n) is 10.2. The third-order valence-corrected chi connectivity index (χ3v) is 6.27. The van der Waals surface area contributed by atoms with E-state index in [0.29, 0.717) is 6.10 Å². The van der Waals surface area contributed by atoms with Gasteiger partial charge in [-0.25, -0.2) is 0 Å². The fraction of sp³-hybridized carbons (Fsp3) is 0.739. The minimum Gasteiger partial charge on any atom is -0.378 e. The van der Waals surface area contributed by atoms with Crippen molar-refractivity contribution in [3.8, 4) is 0 Å². The zero-order chi connectivity index (χ0) is 17.4. The highest BCUT2D eigenvalue weighted by Gasteiger charge is 2.30. The van der Waals surface area contributed by atoms with Gasteiger partial charge in [0.25, 0.3) is 0 Å². The summed E-state index contributed by atoms with van der Waals surface area (Å²) in [4.78, 5) is 0. The number of hydrogen-bond donors (Lipinski definition) is 0. The van der Waals surface area contributed by atoms with Crippen molar-refractivity contribution in [2.45, 2.75) is 84.2 Å². The Balaban J connectivity index is 0.00000100. The van der Waals surface area contributed by atoms with Crippen LogP contribution in [0.5, 0.6) is 0 Å². The van der Waals surface area contributed by atoms with Crippen molar-refractivity contribution >= 4 is 0 Å². The van der Waals surface area contributed by atoms with Crippen LogP contribution in [0.4, 0.5) is 0 Å². The molecule has 0 aromatic rings. The molecule has 3 rings (SSSR count). The van der Waals surface area contributed by atoms with E-state index >= 15 is 0 Å². The average Bonchev–Trinajstić information content (AvgIpc) is 2.64. The molecule has 1 aliphatic heterocycles. The largest absolute Gasteiger partial charge is 0.378 e. The molecule has 1 saturated carbocycles. The van der Waals surface area contributed by atoms with Gasteiger partial charge in [0.15, 0.2) is 0 Å². The molecule has 3 aliphatic rings. The maximum atomic E-state index is 6.11. The predicted octanol–water partition coefficient (Wildman–Crippen LogP) is 6.86. The molecule has 1 heterocycles. The SMILES string of the molecule is C=C.CC1=CC=C(CCC2CCC(C3CCC(C)CO3)CC2)CC1. The van der Waals surface area contributed by atoms with Crippen molar-refractivity contribution in [1.29, 1.82) is 0 Å². The van der Waals surface area contributed by atoms with E-state index in [1.165, 1.54) is 64.2 Å². The van der Waals surface area contributed by atoms with Crippen molar-refractivity contribution in [3.05, 3.63) is 36.5 Å². The maximum Gasteiger partial charge on any atom is 0.0603 e. The van der Waals surface area contributed by atoms with Gasteiger partial charge in [-0.3, -0.25) is 0 Å². The van der Waals surface area contributed by atoms with Crippen molar-refractivity contribution in [2.75, 3.05) is 6.61 Å². The lowest BCUT2D eigenvalue weighted by Crippen LogP contribution is -2.33. The van der Waals surface area contributed by atoms with Crippen LogP contribution < -0.4 is 0 Å². The molecule has 1 heteroatoms. The van der Waals surface area contributed by atoms with Gasteiger partial charge in [0.1, 0.15) is 0 Å². The summed E-state index contributed by atoms with van der Waals surface area (Å²) in [5.74, 6) is 2.63. The van der Waals surface area contributed by atoms with Gasteiger partial charge in [-0.15, -0.1) is 13.2 Å². The molecule has 0 radical (unpaired) electrons. The first-order chi connectivity index (χ1) is 11.7. The topological polar surface area (TPSA) is 9.23 Å². The Morgan fingerprint density at radius 3 is 2.33 bits per heavy atom. The van der Waals surface area contributed by atoms with Gasteiger partial charge >= 0.3 is 0 Å². The van der Waals surface area contributed by atoms with Crippen LogP contribution >= 0.6 is 0 Å². The standard InChI is InChI=1S/C21H34O.C2H4/c1-16-3-6-18(7-4-16)8-9-19-10-12-20(13-11-19)21-14-5-17(2)15-22-21;1-2/h3,6,17,19-21H,4-5,7-15H2,1-2H3;1-2H2. The molecular formula is C23H38O. The highest BCUT2D eigenvalue weighted by atomic mass is 16.5. The van der Waals surface area contributed by atoms with Crippen LogP contribution in [0.25, 0.3) is 0 Å². The van der Waals surface area contributed by atoms with Gasteiger partial charge in [-0.1, -0.05) is 43.1 Å². The normalized spacial score (nSPS) is 33.8. The lowest BCUT2D eigenvalue weighted by atomic mass is 9.75. The van der Waals surface area contributed by atoms with Crippen LogP contribution in [0.1, 0.15) is 78.1 Å². The Bertz CT molecular complexity index is 417. The Morgan fingerprint density at radius 1 is 1.00 bits per heavy atom. The van der Waals surface area contributed by atoms with Crippen molar-refractivity contribution in [1.82, 2.24) is 0 Å². The van der Waals surface area contributed by atoms with Crippen LogP contribution in [-0.2, 0) is 4.74 Å². The molecule has 136 valence electrons. The predicted molar refractivity (Wildman–Crippen MR) is 105 cm³/mol. The third kappa shape index (κ3) is 5.92. The zero-order valence-corrected chi connectivity index (χ0v) is 16.1. The van der Waals surface area contributed by atoms with E-state index in [1.807, 2.05) is 0 Å². The Labute approximate surface area is 150 Å². The first-order valence-corrected chi connectivity index (χ1v) is 10.2. The molecular weight excluding hydrogens is 292 g/mol. The molecule has 2 aliphatic carbocycles. The van der Waals surface area contributed by atoms with Crippen LogP contribution in [0.15, 0.2) is 36.5 Å². The summed E-state index contributed by atoms with van der Waals surface area (Å²) in [5.41, 5.74) is 3.24. The Kier molecular flexibility index (Phi) is 8.32. The number of rotatable bonds is 4. The summed E-state index contributed by atoms with van der Waals surface area (Å²) < 4.78 is 6.11. The van der Waals surface area contributed by atoms with E-state index in [0.717, 1.165) is 24.4 Å². The van der Waals surface area contributed by atoms with Gasteiger partial charge in [0.05, 0.1) is 6.10 Å². The van der Waals surface area contributed by atoms with Crippen LogP contribution in [0.2, 0.25) is 0 Å². The summed E-state index contributed by atoms with van der Waals surface area (Å²) in [6.07, 6.45) is 19.1. The van der Waals surface area contributed by atoms with Crippen LogP contribution in [-0.4, -0.2) is 12.7 Å². The molecule has 0 aromatic carbocycles. The number of ether oxygens (including phenoxy) is 1. The first kappa shape index (κ1) is 19.5. The van der Waals surface area contributed by atoms with E-state index in [9.17, 15) is 0 Å². The lowest BCUT2D eigenvalue weighted by molar-refractivity contribution is -0.0545. The maximum absolute atomic E-state index is 6.11. The van der Waals surface area contributed by atoms with Crippen LogP contribution in [0, 0.1) is 17.8 Å². The molecule has 24 heavy (non-hydrogen) atoms. The second-order valence-electron chi connectivity index (χ2n) is 8.21. The summed E-state index contributed by atoms with van der Waals surface area (Å²) in [6, 6.07) is 0. The summed E-state index contributed by atoms with van der Waals surface area (Å²) in [5, 5.41) is 0. The van der Waals surface area contributed by atoms with E-state index in [4.69, 9.17) is 4.74 Å². The summed E-state index contributed by atoms with van der Waals surface area (Å²) in [7, 11) is 0. The zero-order valence-electron chi connectivity index (χ0n) is 16.1. The third-order valence-electron chi connectivity index (χ3n) is 6.27. The molecule has 0 N–H and O–H groups in total. The van der Waals surface area contributed by atoms with E-state index in [-0.39, 0.29) is 0 Å². The molecule has 2 fully saturated rings. The molecule has 0 aromatic heterocycles. The highest BCUT2D eigenvalue weighted by molar-refractivity contribution is 5.22. The Morgan fingerprint density at radius 2 is 1.75 bits per heavy atom. The average molecular weight is 331 g/mol. The van der Waals surface area contributed by atoms with Crippen molar-refractivity contribution in [3.63, 3.8) is 0 Å². The second kappa shape index (κ2) is 10.2. The smallest absolute Gasteiger partial charge is 0.0603 e. The van der Waals surface area contributed by atoms with Crippen molar-refractivity contribution in [2.24, 2.45) is 17.8 Å². The quantitative estimate of drug-likeness (QED) is 0.512. The van der Waals surface area contributed by atoms with E-state index < -0.39 is 0 Å². The number of allylic oxidation sites excluding steroid dienone is 4.